The van der Waals surface area contributed by atoms with Gasteiger partial charge in [0.25, 0.3) is 0 Å². The third-order valence-corrected chi connectivity index (χ3v) is 2.46. The smallest absolute Gasteiger partial charge is 0.0847 e. The summed E-state index contributed by atoms with van der Waals surface area (Å²) in [5.41, 5.74) is 2.80. The molecule has 1 unspecified atom stereocenters. The molecule has 1 aliphatic rings. The Bertz CT molecular complexity index is 182. The number of hydrogen-bond acceptors (Lipinski definition) is 2. The molecule has 0 bridgehead atoms. The maximum absolute atomic E-state index is 8.89. The van der Waals surface area contributed by atoms with Gasteiger partial charge in [-0.25, -0.2) is 0 Å². The van der Waals surface area contributed by atoms with E-state index in [1.807, 2.05) is 0 Å². The molecule has 2 nitrogen and oxygen atoms in total. The predicted molar refractivity (Wildman–Crippen MR) is 49.0 cm³/mol. The van der Waals surface area contributed by atoms with E-state index in [1.54, 1.807) is 0 Å². The Kier molecular flexibility index (Phi) is 3.29. The first-order valence-corrected chi connectivity index (χ1v) is 4.56. The fourth-order valence-corrected chi connectivity index (χ4v) is 1.64. The van der Waals surface area contributed by atoms with Crippen LogP contribution in [0.25, 0.3) is 0 Å². The fraction of sp³-hybridized carbons (Fsp3) is 0.800. The highest BCUT2D eigenvalue weighted by molar-refractivity contribution is 5.17. The van der Waals surface area contributed by atoms with Gasteiger partial charge in [0.05, 0.1) is 19.3 Å². The second-order valence-corrected chi connectivity index (χ2v) is 3.78. The summed E-state index contributed by atoms with van der Waals surface area (Å²) in [5.74, 6) is 0.574. The molecule has 1 N–H and O–H groups in total. The van der Waals surface area contributed by atoms with Crippen LogP contribution in [0.15, 0.2) is 11.1 Å². The van der Waals surface area contributed by atoms with Crippen molar-refractivity contribution in [2.24, 2.45) is 5.92 Å². The molecule has 0 aromatic heterocycles. The minimum Gasteiger partial charge on any atom is -0.394 e. The Morgan fingerprint density at radius 2 is 2.25 bits per heavy atom. The van der Waals surface area contributed by atoms with Crippen LogP contribution in [0.5, 0.6) is 0 Å². The molecule has 0 fully saturated rings. The molecule has 1 rings (SSSR count). The van der Waals surface area contributed by atoms with Gasteiger partial charge in [0.15, 0.2) is 0 Å². The van der Waals surface area contributed by atoms with Crippen molar-refractivity contribution in [3.8, 4) is 0 Å². The summed E-state index contributed by atoms with van der Waals surface area (Å²) in [6.45, 7) is 7.35. The largest absolute Gasteiger partial charge is 0.394 e. The molecule has 0 amide bonds. The van der Waals surface area contributed by atoms with Gasteiger partial charge in [-0.15, -0.1) is 0 Å². The third kappa shape index (κ3) is 2.08. The van der Waals surface area contributed by atoms with Crippen molar-refractivity contribution in [2.45, 2.75) is 33.3 Å². The molecular weight excluding hydrogens is 152 g/mol. The Morgan fingerprint density at radius 1 is 1.58 bits per heavy atom. The van der Waals surface area contributed by atoms with E-state index in [-0.39, 0.29) is 12.7 Å². The minimum absolute atomic E-state index is 0.0347. The van der Waals surface area contributed by atoms with Gasteiger partial charge in [0.1, 0.15) is 0 Å². The monoisotopic (exact) mass is 170 g/mol. The van der Waals surface area contributed by atoms with Crippen LogP contribution in [0, 0.1) is 5.92 Å². The molecule has 0 aromatic rings. The van der Waals surface area contributed by atoms with Crippen LogP contribution in [-0.2, 0) is 4.74 Å². The van der Waals surface area contributed by atoms with Crippen molar-refractivity contribution in [1.82, 2.24) is 0 Å². The summed E-state index contributed by atoms with van der Waals surface area (Å²) in [7, 11) is 0. The SMILES string of the molecule is CC1=C(C(C)C)COC(CO)C1. The van der Waals surface area contributed by atoms with Crippen LogP contribution in [-0.4, -0.2) is 24.4 Å². The number of aliphatic hydroxyl groups is 1. The summed E-state index contributed by atoms with van der Waals surface area (Å²) in [6, 6.07) is 0. The molecule has 12 heavy (non-hydrogen) atoms. The lowest BCUT2D eigenvalue weighted by atomic mass is 9.93. The van der Waals surface area contributed by atoms with Gasteiger partial charge in [0.2, 0.25) is 0 Å². The second-order valence-electron chi connectivity index (χ2n) is 3.78. The van der Waals surface area contributed by atoms with E-state index in [9.17, 15) is 0 Å². The number of hydrogen-bond donors (Lipinski definition) is 1. The topological polar surface area (TPSA) is 29.5 Å². The Hall–Kier alpha value is -0.340. The lowest BCUT2D eigenvalue weighted by Crippen LogP contribution is -2.26. The number of rotatable bonds is 2. The van der Waals surface area contributed by atoms with Crippen molar-refractivity contribution in [1.29, 1.82) is 0 Å². The average molecular weight is 170 g/mol. The van der Waals surface area contributed by atoms with E-state index in [4.69, 9.17) is 9.84 Å². The first kappa shape index (κ1) is 9.75. The maximum atomic E-state index is 8.89. The van der Waals surface area contributed by atoms with Crippen molar-refractivity contribution in [3.63, 3.8) is 0 Å². The summed E-state index contributed by atoms with van der Waals surface area (Å²) < 4.78 is 5.46. The molecule has 0 aromatic carbocycles. The van der Waals surface area contributed by atoms with Crippen LogP contribution in [0.2, 0.25) is 0 Å². The molecule has 1 atom stereocenters. The van der Waals surface area contributed by atoms with E-state index in [0.717, 1.165) is 6.42 Å². The molecule has 2 heteroatoms. The second kappa shape index (κ2) is 4.06. The minimum atomic E-state index is 0.0347. The first-order chi connectivity index (χ1) is 5.65. The van der Waals surface area contributed by atoms with Gasteiger partial charge in [-0.05, 0) is 24.8 Å². The quantitative estimate of drug-likeness (QED) is 0.640. The van der Waals surface area contributed by atoms with Crippen LogP contribution in [0.4, 0.5) is 0 Å². The zero-order valence-corrected chi connectivity index (χ0v) is 8.13. The van der Waals surface area contributed by atoms with Crippen molar-refractivity contribution < 1.29 is 9.84 Å². The molecule has 1 heterocycles. The lowest BCUT2D eigenvalue weighted by molar-refractivity contribution is 0.0135. The van der Waals surface area contributed by atoms with Crippen LogP contribution in [0.3, 0.4) is 0 Å². The maximum Gasteiger partial charge on any atom is 0.0847 e. The molecule has 70 valence electrons. The molecule has 0 saturated heterocycles. The molecule has 0 spiro atoms. The predicted octanol–water partition coefficient (Wildman–Crippen LogP) is 1.74. The lowest BCUT2D eigenvalue weighted by Gasteiger charge is -2.27. The summed E-state index contributed by atoms with van der Waals surface area (Å²) in [5, 5.41) is 8.89. The van der Waals surface area contributed by atoms with E-state index in [1.165, 1.54) is 11.1 Å². The molecule has 0 aliphatic carbocycles. The molecule has 0 saturated carbocycles. The van der Waals surface area contributed by atoms with Crippen molar-refractivity contribution in [3.05, 3.63) is 11.1 Å². The summed E-state index contributed by atoms with van der Waals surface area (Å²) in [4.78, 5) is 0. The van der Waals surface area contributed by atoms with E-state index < -0.39 is 0 Å². The van der Waals surface area contributed by atoms with Gasteiger partial charge in [-0.2, -0.15) is 0 Å². The van der Waals surface area contributed by atoms with E-state index >= 15 is 0 Å². The standard InChI is InChI=1S/C10H18O2/c1-7(2)10-6-12-9(5-11)4-8(10)3/h7,9,11H,4-6H2,1-3H3. The zero-order valence-electron chi connectivity index (χ0n) is 8.13. The van der Waals surface area contributed by atoms with Crippen molar-refractivity contribution in [2.75, 3.05) is 13.2 Å². The molecule has 0 radical (unpaired) electrons. The Morgan fingerprint density at radius 3 is 2.67 bits per heavy atom. The number of ether oxygens (including phenoxy) is 1. The van der Waals surface area contributed by atoms with Gasteiger partial charge in [0, 0.05) is 0 Å². The van der Waals surface area contributed by atoms with Crippen LogP contribution in [0.1, 0.15) is 27.2 Å². The zero-order chi connectivity index (χ0) is 9.14. The van der Waals surface area contributed by atoms with Gasteiger partial charge >= 0.3 is 0 Å². The van der Waals surface area contributed by atoms with Crippen LogP contribution < -0.4 is 0 Å². The van der Waals surface area contributed by atoms with Crippen LogP contribution >= 0.6 is 0 Å². The third-order valence-electron chi connectivity index (χ3n) is 2.46. The van der Waals surface area contributed by atoms with Gasteiger partial charge in [-0.3, -0.25) is 0 Å². The Labute approximate surface area is 74.2 Å². The summed E-state index contributed by atoms with van der Waals surface area (Å²) >= 11 is 0. The Balaban J connectivity index is 2.64. The average Bonchev–Trinajstić information content (AvgIpc) is 2.03. The first-order valence-electron chi connectivity index (χ1n) is 4.56. The normalized spacial score (nSPS) is 25.2. The van der Waals surface area contributed by atoms with E-state index in [0.29, 0.717) is 12.5 Å². The van der Waals surface area contributed by atoms with Gasteiger partial charge < -0.3 is 9.84 Å². The van der Waals surface area contributed by atoms with Crippen molar-refractivity contribution >= 4 is 0 Å². The van der Waals surface area contributed by atoms with Gasteiger partial charge in [-0.1, -0.05) is 19.4 Å². The highest BCUT2D eigenvalue weighted by atomic mass is 16.5. The molecular formula is C10H18O2. The fourth-order valence-electron chi connectivity index (χ4n) is 1.64. The highest BCUT2D eigenvalue weighted by Gasteiger charge is 2.19. The summed E-state index contributed by atoms with van der Waals surface area (Å²) in [6.07, 6.45) is 0.928. The van der Waals surface area contributed by atoms with E-state index in [2.05, 4.69) is 20.8 Å². The highest BCUT2D eigenvalue weighted by Crippen LogP contribution is 2.24. The number of aliphatic hydroxyl groups excluding tert-OH is 1. The molecule has 1 aliphatic heterocycles.